The Hall–Kier alpha value is -1.08. The van der Waals surface area contributed by atoms with Crippen molar-refractivity contribution >= 4 is 50.7 Å². The highest BCUT2D eigenvalue weighted by molar-refractivity contribution is 7.16. The van der Waals surface area contributed by atoms with Crippen molar-refractivity contribution in [1.82, 2.24) is 4.57 Å². The summed E-state index contributed by atoms with van der Waals surface area (Å²) < 4.78 is 12.1. The van der Waals surface area contributed by atoms with Crippen LogP contribution in [0.25, 0.3) is 10.2 Å². The lowest BCUT2D eigenvalue weighted by molar-refractivity contribution is -0.150. The summed E-state index contributed by atoms with van der Waals surface area (Å²) in [7, 11) is 1.49. The number of fused-ring (bicyclic) bond motifs is 1. The number of esters is 1. The van der Waals surface area contributed by atoms with Gasteiger partial charge in [-0.1, -0.05) is 29.0 Å². The van der Waals surface area contributed by atoms with Crippen LogP contribution in [0.15, 0.2) is 23.0 Å². The Morgan fingerprint density at radius 2 is 2.24 bits per heavy atom. The topological polar surface area (TPSA) is 57.5 Å². The van der Waals surface area contributed by atoms with E-state index in [0.717, 1.165) is 16.0 Å². The molecule has 1 atom stereocenters. The summed E-state index contributed by atoms with van der Waals surface area (Å²) in [4.78, 5) is 23.6. The number of hydrogen-bond donors (Lipinski definition) is 0. The van der Waals surface area contributed by atoms with Gasteiger partial charge in [0.15, 0.2) is 0 Å². The minimum Gasteiger partial charge on any atom is -0.457 e. The molecule has 0 fully saturated rings. The van der Waals surface area contributed by atoms with Gasteiger partial charge in [-0.2, -0.15) is 0 Å². The summed E-state index contributed by atoms with van der Waals surface area (Å²) >= 11 is 12.8. The van der Waals surface area contributed by atoms with Crippen molar-refractivity contribution in [3.8, 4) is 0 Å². The molecule has 21 heavy (non-hydrogen) atoms. The van der Waals surface area contributed by atoms with Crippen molar-refractivity contribution in [3.05, 3.63) is 32.9 Å². The third kappa shape index (κ3) is 3.77. The summed E-state index contributed by atoms with van der Waals surface area (Å²) in [5.74, 6) is -0.431. The predicted octanol–water partition coefficient (Wildman–Crippen LogP) is 2.51. The van der Waals surface area contributed by atoms with Crippen LogP contribution in [-0.2, 0) is 20.8 Å². The first-order valence-electron chi connectivity index (χ1n) is 6.09. The molecule has 2 rings (SSSR count). The molecule has 0 bridgehead atoms. The molecule has 1 aromatic carbocycles. The lowest BCUT2D eigenvalue weighted by Gasteiger charge is -2.14. The summed E-state index contributed by atoms with van der Waals surface area (Å²) in [6.07, 6.45) is -0.541. The maximum absolute atomic E-state index is 12.0. The van der Waals surface area contributed by atoms with E-state index in [1.165, 1.54) is 11.7 Å². The number of thiazole rings is 1. The Kier molecular flexibility index (Phi) is 5.64. The van der Waals surface area contributed by atoms with Crippen LogP contribution in [0, 0.1) is 0 Å². The summed E-state index contributed by atoms with van der Waals surface area (Å²) in [5, 5.41) is 0.421. The molecular weight excluding hydrogens is 337 g/mol. The molecule has 0 radical (unpaired) electrons. The normalized spacial score (nSPS) is 12.5. The highest BCUT2D eigenvalue weighted by Gasteiger charge is 2.17. The number of alkyl halides is 1. The number of para-hydroxylation sites is 1. The zero-order valence-electron chi connectivity index (χ0n) is 11.2. The van der Waals surface area contributed by atoms with Crippen LogP contribution in [-0.4, -0.2) is 36.2 Å². The number of methoxy groups -OCH3 is 1. The highest BCUT2D eigenvalue weighted by Crippen LogP contribution is 2.25. The fourth-order valence-corrected chi connectivity index (χ4v) is 3.27. The maximum atomic E-state index is 12.0. The van der Waals surface area contributed by atoms with Crippen LogP contribution in [0.5, 0.6) is 0 Å². The Morgan fingerprint density at radius 1 is 1.48 bits per heavy atom. The first-order valence-corrected chi connectivity index (χ1v) is 7.82. The second-order valence-corrected chi connectivity index (χ2v) is 5.97. The molecule has 0 amide bonds. The van der Waals surface area contributed by atoms with E-state index in [-0.39, 0.29) is 23.9 Å². The van der Waals surface area contributed by atoms with Crippen molar-refractivity contribution in [2.75, 3.05) is 19.6 Å². The van der Waals surface area contributed by atoms with Crippen LogP contribution in [0.3, 0.4) is 0 Å². The van der Waals surface area contributed by atoms with Crippen molar-refractivity contribution in [1.29, 1.82) is 0 Å². The second kappa shape index (κ2) is 7.26. The zero-order valence-corrected chi connectivity index (χ0v) is 13.5. The van der Waals surface area contributed by atoms with Gasteiger partial charge in [0.05, 0.1) is 27.7 Å². The Labute approximate surface area is 135 Å². The molecule has 1 unspecified atom stereocenters. The first kappa shape index (κ1) is 16.3. The smallest absolute Gasteiger partial charge is 0.326 e. The summed E-state index contributed by atoms with van der Waals surface area (Å²) in [6, 6.07) is 5.21. The van der Waals surface area contributed by atoms with Crippen LogP contribution in [0.4, 0.5) is 0 Å². The third-order valence-electron chi connectivity index (χ3n) is 2.75. The Morgan fingerprint density at radius 3 is 2.90 bits per heavy atom. The van der Waals surface area contributed by atoms with Gasteiger partial charge in [0.25, 0.3) is 0 Å². The lowest BCUT2D eigenvalue weighted by Crippen LogP contribution is -2.28. The van der Waals surface area contributed by atoms with E-state index in [1.807, 2.05) is 0 Å². The molecule has 0 spiro atoms. The Balaban J connectivity index is 2.22. The van der Waals surface area contributed by atoms with E-state index in [1.54, 1.807) is 18.2 Å². The van der Waals surface area contributed by atoms with Gasteiger partial charge in [0.1, 0.15) is 12.6 Å². The highest BCUT2D eigenvalue weighted by atomic mass is 35.5. The van der Waals surface area contributed by atoms with Gasteiger partial charge in [0.2, 0.25) is 0 Å². The maximum Gasteiger partial charge on any atom is 0.326 e. The standard InChI is InChI=1S/C13H13Cl2NO4S/c1-19-7-8(5-14)20-11(17)6-16-12-9(15)3-2-4-10(12)21-13(16)18/h2-4,8H,5-7H2,1H3. The van der Waals surface area contributed by atoms with E-state index in [9.17, 15) is 9.59 Å². The molecule has 0 aliphatic rings. The number of carbonyl (C=O) groups is 1. The number of halogens is 2. The van der Waals surface area contributed by atoms with Gasteiger partial charge in [-0.05, 0) is 12.1 Å². The molecule has 1 aromatic heterocycles. The average molecular weight is 350 g/mol. The zero-order chi connectivity index (χ0) is 15.4. The van der Waals surface area contributed by atoms with E-state index < -0.39 is 12.1 Å². The number of nitrogens with zero attached hydrogens (tertiary/aromatic N) is 1. The van der Waals surface area contributed by atoms with Crippen molar-refractivity contribution in [2.45, 2.75) is 12.6 Å². The molecule has 0 aliphatic heterocycles. The molecule has 2 aromatic rings. The van der Waals surface area contributed by atoms with E-state index in [0.29, 0.717) is 10.5 Å². The fraction of sp³-hybridized carbons (Fsp3) is 0.385. The molecule has 1 heterocycles. The van der Waals surface area contributed by atoms with E-state index in [4.69, 9.17) is 32.7 Å². The first-order chi connectivity index (χ1) is 10.1. The quantitative estimate of drug-likeness (QED) is 0.593. The summed E-state index contributed by atoms with van der Waals surface area (Å²) in [5.41, 5.74) is 0.542. The number of rotatable bonds is 6. The predicted molar refractivity (Wildman–Crippen MR) is 83.6 cm³/mol. The fourth-order valence-electron chi connectivity index (χ4n) is 1.87. The van der Waals surface area contributed by atoms with Crippen LogP contribution in [0.1, 0.15) is 0 Å². The largest absolute Gasteiger partial charge is 0.457 e. The number of ether oxygens (including phenoxy) is 2. The number of hydrogen-bond acceptors (Lipinski definition) is 5. The van der Waals surface area contributed by atoms with E-state index >= 15 is 0 Å². The molecule has 8 heteroatoms. The molecule has 0 aliphatic carbocycles. The molecular formula is C13H13Cl2NO4S. The van der Waals surface area contributed by atoms with Gasteiger partial charge in [0, 0.05) is 7.11 Å². The summed E-state index contributed by atoms with van der Waals surface area (Å²) in [6.45, 7) is -0.00501. The molecule has 114 valence electrons. The average Bonchev–Trinajstić information content (AvgIpc) is 2.76. The van der Waals surface area contributed by atoms with Crippen molar-refractivity contribution < 1.29 is 14.3 Å². The Bertz CT molecular complexity index is 697. The molecule has 0 saturated carbocycles. The minimum atomic E-state index is -0.556. The van der Waals surface area contributed by atoms with Gasteiger partial charge < -0.3 is 9.47 Å². The molecule has 0 saturated heterocycles. The van der Waals surface area contributed by atoms with Gasteiger partial charge >= 0.3 is 10.8 Å². The van der Waals surface area contributed by atoms with Gasteiger partial charge in [-0.15, -0.1) is 11.6 Å². The molecule has 0 N–H and O–H groups in total. The van der Waals surface area contributed by atoms with Gasteiger partial charge in [-0.25, -0.2) is 0 Å². The lowest BCUT2D eigenvalue weighted by atomic mass is 10.3. The second-order valence-electron chi connectivity index (χ2n) is 4.26. The van der Waals surface area contributed by atoms with Crippen molar-refractivity contribution in [3.63, 3.8) is 0 Å². The van der Waals surface area contributed by atoms with Gasteiger partial charge in [-0.3, -0.25) is 14.2 Å². The van der Waals surface area contributed by atoms with E-state index in [2.05, 4.69) is 0 Å². The van der Waals surface area contributed by atoms with Crippen molar-refractivity contribution in [2.24, 2.45) is 0 Å². The number of aromatic nitrogens is 1. The number of carbonyl (C=O) groups excluding carboxylic acids is 1. The third-order valence-corrected chi connectivity index (χ3v) is 4.34. The number of benzene rings is 1. The molecule has 5 nitrogen and oxygen atoms in total. The minimum absolute atomic E-state index is 0.125. The monoisotopic (exact) mass is 349 g/mol. The van der Waals surface area contributed by atoms with Crippen LogP contribution >= 0.6 is 34.5 Å². The van der Waals surface area contributed by atoms with Crippen LogP contribution < -0.4 is 4.87 Å². The van der Waals surface area contributed by atoms with Crippen LogP contribution in [0.2, 0.25) is 5.02 Å². The SMILES string of the molecule is COCC(CCl)OC(=O)Cn1c(=O)sc2cccc(Cl)c21.